The van der Waals surface area contributed by atoms with E-state index < -0.39 is 12.1 Å². The summed E-state index contributed by atoms with van der Waals surface area (Å²) in [4.78, 5) is 0. The molecule has 0 bridgehead atoms. The maximum atomic E-state index is 12.3. The van der Waals surface area contributed by atoms with Gasteiger partial charge < -0.3 is 9.47 Å². The number of rotatable bonds is 3. The Morgan fingerprint density at radius 3 is 2.43 bits per heavy atom. The molecule has 21 heavy (non-hydrogen) atoms. The molecule has 3 nitrogen and oxygen atoms in total. The third-order valence-electron chi connectivity index (χ3n) is 2.69. The Kier molecular flexibility index (Phi) is 4.03. The molecule has 0 aliphatic rings. The quantitative estimate of drug-likeness (QED) is 0.854. The summed E-state index contributed by atoms with van der Waals surface area (Å²) >= 11 is 0. The lowest BCUT2D eigenvalue weighted by Crippen LogP contribution is -2.17. The zero-order valence-corrected chi connectivity index (χ0v) is 10.9. The van der Waals surface area contributed by atoms with Crippen molar-refractivity contribution in [2.75, 3.05) is 7.11 Å². The summed E-state index contributed by atoms with van der Waals surface area (Å²) in [7, 11) is 1.46. The van der Waals surface area contributed by atoms with Gasteiger partial charge in [0.25, 0.3) is 0 Å². The van der Waals surface area contributed by atoms with E-state index in [1.807, 2.05) is 6.07 Å². The number of ether oxygens (including phenoxy) is 2. The molecule has 6 heteroatoms. The number of alkyl halides is 3. The average Bonchev–Trinajstić information content (AvgIpc) is 2.45. The van der Waals surface area contributed by atoms with Gasteiger partial charge >= 0.3 is 6.36 Å². The smallest absolute Gasteiger partial charge is 0.496 e. The Bertz CT molecular complexity index is 690. The highest BCUT2D eigenvalue weighted by Gasteiger charge is 2.31. The first kappa shape index (κ1) is 14.7. The second-order valence-corrected chi connectivity index (χ2v) is 4.11. The Morgan fingerprint density at radius 2 is 1.81 bits per heavy atom. The van der Waals surface area contributed by atoms with E-state index in [0.29, 0.717) is 16.9 Å². The van der Waals surface area contributed by atoms with Crippen LogP contribution in [0, 0.1) is 11.3 Å². The van der Waals surface area contributed by atoms with Gasteiger partial charge in [0.15, 0.2) is 0 Å². The summed E-state index contributed by atoms with van der Waals surface area (Å²) in [6.45, 7) is 0. The van der Waals surface area contributed by atoms with Crippen LogP contribution in [0.3, 0.4) is 0 Å². The fourth-order valence-corrected chi connectivity index (χ4v) is 1.89. The Labute approximate surface area is 119 Å². The zero-order valence-electron chi connectivity index (χ0n) is 10.9. The third kappa shape index (κ3) is 3.66. The first-order valence-electron chi connectivity index (χ1n) is 5.87. The monoisotopic (exact) mass is 293 g/mol. The summed E-state index contributed by atoms with van der Waals surface area (Å²) in [6, 6.07) is 12.4. The van der Waals surface area contributed by atoms with Crippen molar-refractivity contribution < 1.29 is 22.6 Å². The lowest BCUT2D eigenvalue weighted by atomic mass is 10.0. The van der Waals surface area contributed by atoms with Crippen LogP contribution in [0.1, 0.15) is 5.56 Å². The molecule has 2 aromatic carbocycles. The molecule has 0 spiro atoms. The molecule has 0 radical (unpaired) electrons. The molecule has 0 amide bonds. The van der Waals surface area contributed by atoms with Gasteiger partial charge in [0.2, 0.25) is 0 Å². The molecule has 0 aliphatic carbocycles. The Balaban J connectivity index is 2.54. The summed E-state index contributed by atoms with van der Waals surface area (Å²) in [5.74, 6) is 0.0491. The number of hydrogen-bond acceptors (Lipinski definition) is 3. The van der Waals surface area contributed by atoms with E-state index in [9.17, 15) is 13.2 Å². The van der Waals surface area contributed by atoms with Gasteiger partial charge in [-0.15, -0.1) is 13.2 Å². The van der Waals surface area contributed by atoms with E-state index in [4.69, 9.17) is 10.00 Å². The number of methoxy groups -OCH3 is 1. The van der Waals surface area contributed by atoms with Gasteiger partial charge in [-0.2, -0.15) is 5.26 Å². The van der Waals surface area contributed by atoms with Gasteiger partial charge in [0, 0.05) is 5.56 Å². The lowest BCUT2D eigenvalue weighted by molar-refractivity contribution is -0.274. The van der Waals surface area contributed by atoms with E-state index in [-0.39, 0.29) is 5.56 Å². The highest BCUT2D eigenvalue weighted by atomic mass is 19.4. The molecule has 0 saturated heterocycles. The molecule has 0 unspecified atom stereocenters. The van der Waals surface area contributed by atoms with E-state index in [0.717, 1.165) is 6.07 Å². The maximum Gasteiger partial charge on any atom is 0.573 e. The number of hydrogen-bond donors (Lipinski definition) is 0. The molecular formula is C15H10F3NO2. The topological polar surface area (TPSA) is 42.2 Å². The van der Waals surface area contributed by atoms with Crippen molar-refractivity contribution in [1.29, 1.82) is 5.26 Å². The van der Waals surface area contributed by atoms with E-state index in [2.05, 4.69) is 4.74 Å². The van der Waals surface area contributed by atoms with Crippen molar-refractivity contribution >= 4 is 0 Å². The second kappa shape index (κ2) is 5.75. The molecule has 0 heterocycles. The van der Waals surface area contributed by atoms with Crippen LogP contribution in [0.2, 0.25) is 0 Å². The summed E-state index contributed by atoms with van der Waals surface area (Å²) in [5.41, 5.74) is 1.05. The number of halogens is 3. The average molecular weight is 293 g/mol. The van der Waals surface area contributed by atoms with Crippen LogP contribution in [0.4, 0.5) is 13.2 Å². The minimum atomic E-state index is -4.81. The standard InChI is InChI=1S/C15H10F3NO2/c1-20-14-5-3-2-4-13(14)11-6-10(9-19)7-12(8-11)21-15(16,17)18/h2-8H,1H3. The minimum Gasteiger partial charge on any atom is -0.496 e. The fraction of sp³-hybridized carbons (Fsp3) is 0.133. The molecule has 0 N–H and O–H groups in total. The molecule has 2 rings (SSSR count). The fourth-order valence-electron chi connectivity index (χ4n) is 1.89. The van der Waals surface area contributed by atoms with Crippen molar-refractivity contribution in [2.45, 2.75) is 6.36 Å². The molecule has 0 saturated carbocycles. The lowest BCUT2D eigenvalue weighted by Gasteiger charge is -2.12. The number of nitriles is 1. The van der Waals surface area contributed by atoms with Crippen molar-refractivity contribution in [2.24, 2.45) is 0 Å². The first-order valence-corrected chi connectivity index (χ1v) is 5.87. The SMILES string of the molecule is COc1ccccc1-c1cc(C#N)cc(OC(F)(F)F)c1. The number of para-hydroxylation sites is 1. The van der Waals surface area contributed by atoms with Gasteiger partial charge in [-0.25, -0.2) is 0 Å². The summed E-state index contributed by atoms with van der Waals surface area (Å²) in [6.07, 6.45) is -4.81. The van der Waals surface area contributed by atoms with Crippen LogP contribution in [0.15, 0.2) is 42.5 Å². The van der Waals surface area contributed by atoms with Crippen LogP contribution >= 0.6 is 0 Å². The van der Waals surface area contributed by atoms with E-state index >= 15 is 0 Å². The summed E-state index contributed by atoms with van der Waals surface area (Å²) in [5, 5.41) is 8.94. The van der Waals surface area contributed by atoms with Crippen LogP contribution < -0.4 is 9.47 Å². The largest absolute Gasteiger partial charge is 0.573 e. The van der Waals surface area contributed by atoms with Gasteiger partial charge in [0.05, 0.1) is 18.7 Å². The van der Waals surface area contributed by atoms with Gasteiger partial charge in [0.1, 0.15) is 11.5 Å². The molecule has 0 aromatic heterocycles. The molecular weight excluding hydrogens is 283 g/mol. The first-order chi connectivity index (χ1) is 9.93. The molecule has 108 valence electrons. The van der Waals surface area contributed by atoms with Crippen LogP contribution in [-0.2, 0) is 0 Å². The predicted molar refractivity (Wildman–Crippen MR) is 69.8 cm³/mol. The Hall–Kier alpha value is -2.68. The van der Waals surface area contributed by atoms with E-state index in [1.165, 1.54) is 19.2 Å². The van der Waals surface area contributed by atoms with Gasteiger partial charge in [-0.3, -0.25) is 0 Å². The maximum absolute atomic E-state index is 12.3. The van der Waals surface area contributed by atoms with Crippen molar-refractivity contribution in [1.82, 2.24) is 0 Å². The molecule has 0 aliphatic heterocycles. The number of benzene rings is 2. The van der Waals surface area contributed by atoms with Crippen LogP contribution in [0.5, 0.6) is 11.5 Å². The molecule has 2 aromatic rings. The Morgan fingerprint density at radius 1 is 1.10 bits per heavy atom. The molecule has 0 fully saturated rings. The highest BCUT2D eigenvalue weighted by Crippen LogP contribution is 2.34. The van der Waals surface area contributed by atoms with Crippen LogP contribution in [0.25, 0.3) is 11.1 Å². The predicted octanol–water partition coefficient (Wildman–Crippen LogP) is 4.13. The zero-order chi connectivity index (χ0) is 15.5. The van der Waals surface area contributed by atoms with Crippen molar-refractivity contribution in [3.8, 4) is 28.7 Å². The minimum absolute atomic E-state index is 0.0673. The second-order valence-electron chi connectivity index (χ2n) is 4.11. The number of nitrogens with zero attached hydrogens (tertiary/aromatic N) is 1. The van der Waals surface area contributed by atoms with Crippen LogP contribution in [-0.4, -0.2) is 13.5 Å². The van der Waals surface area contributed by atoms with E-state index in [1.54, 1.807) is 24.3 Å². The highest BCUT2D eigenvalue weighted by molar-refractivity contribution is 5.73. The van der Waals surface area contributed by atoms with Crippen molar-refractivity contribution in [3.63, 3.8) is 0 Å². The third-order valence-corrected chi connectivity index (χ3v) is 2.69. The molecule has 0 atom stereocenters. The summed E-state index contributed by atoms with van der Waals surface area (Å²) < 4.78 is 46.0. The van der Waals surface area contributed by atoms with Gasteiger partial charge in [-0.1, -0.05) is 18.2 Å². The van der Waals surface area contributed by atoms with Gasteiger partial charge in [-0.05, 0) is 29.8 Å². The van der Waals surface area contributed by atoms with Crippen molar-refractivity contribution in [3.05, 3.63) is 48.0 Å². The normalized spacial score (nSPS) is 10.8.